The minimum atomic E-state index is 0.369. The highest BCUT2D eigenvalue weighted by Crippen LogP contribution is 2.28. The number of rotatable bonds is 3. The number of aromatic nitrogens is 3. The fraction of sp³-hybridized carbons (Fsp3) is 0.0667. The van der Waals surface area contributed by atoms with Crippen LogP contribution in [0.2, 0.25) is 0 Å². The first-order chi connectivity index (χ1) is 10.3. The molecule has 2 N–H and O–H groups in total. The van der Waals surface area contributed by atoms with E-state index in [2.05, 4.69) is 9.97 Å². The predicted molar refractivity (Wildman–Crippen MR) is 82.8 cm³/mol. The number of imidazole rings is 1. The van der Waals surface area contributed by atoms with Gasteiger partial charge in [0.15, 0.2) is 4.96 Å². The van der Waals surface area contributed by atoms with E-state index in [0.717, 1.165) is 21.6 Å². The lowest BCUT2D eigenvalue weighted by atomic mass is 10.2. The lowest BCUT2D eigenvalue weighted by molar-refractivity contribution is 0.458. The highest BCUT2D eigenvalue weighted by atomic mass is 32.1. The molecule has 0 aliphatic heterocycles. The average molecular weight is 296 g/mol. The van der Waals surface area contributed by atoms with E-state index < -0.39 is 0 Å². The molecule has 0 unspecified atom stereocenters. The van der Waals surface area contributed by atoms with Gasteiger partial charge in [-0.25, -0.2) is 0 Å². The molecule has 21 heavy (non-hydrogen) atoms. The normalized spacial score (nSPS) is 11.3. The molecule has 6 heteroatoms. The average Bonchev–Trinajstić information content (AvgIpc) is 3.07. The Morgan fingerprint density at radius 1 is 1.29 bits per heavy atom. The van der Waals surface area contributed by atoms with Crippen LogP contribution < -0.4 is 10.5 Å². The van der Waals surface area contributed by atoms with Crippen molar-refractivity contribution in [3.8, 4) is 11.6 Å². The summed E-state index contributed by atoms with van der Waals surface area (Å²) in [4.78, 5) is 9.73. The molecule has 1 aromatic carbocycles. The van der Waals surface area contributed by atoms with E-state index in [-0.39, 0.29) is 0 Å². The van der Waals surface area contributed by atoms with Crippen molar-refractivity contribution in [2.75, 3.05) is 0 Å². The van der Waals surface area contributed by atoms with Crippen molar-refractivity contribution < 1.29 is 4.74 Å². The molecule has 0 amide bonds. The van der Waals surface area contributed by atoms with Crippen LogP contribution in [0.1, 0.15) is 5.69 Å². The third-order valence-corrected chi connectivity index (χ3v) is 4.05. The fourth-order valence-corrected chi connectivity index (χ4v) is 3.02. The number of hydrogen-bond acceptors (Lipinski definition) is 5. The number of para-hydroxylation sites is 1. The topological polar surface area (TPSA) is 65.4 Å². The molecule has 5 nitrogen and oxygen atoms in total. The number of nitrogens with zero attached hydrogens (tertiary/aromatic N) is 3. The lowest BCUT2D eigenvalue weighted by Crippen LogP contribution is -2.01. The monoisotopic (exact) mass is 296 g/mol. The van der Waals surface area contributed by atoms with Gasteiger partial charge in [0.25, 0.3) is 0 Å². The largest absolute Gasteiger partial charge is 0.436 e. The summed E-state index contributed by atoms with van der Waals surface area (Å²) in [6.07, 6.45) is 3.65. The maximum atomic E-state index is 5.88. The second kappa shape index (κ2) is 4.83. The van der Waals surface area contributed by atoms with Crippen molar-refractivity contribution >= 4 is 27.2 Å². The van der Waals surface area contributed by atoms with Crippen LogP contribution in [0, 0.1) is 0 Å². The highest BCUT2D eigenvalue weighted by molar-refractivity contribution is 7.15. The van der Waals surface area contributed by atoms with E-state index in [0.29, 0.717) is 18.2 Å². The number of nitrogens with two attached hydrogens (primary N) is 1. The molecule has 0 aliphatic rings. The van der Waals surface area contributed by atoms with Crippen molar-refractivity contribution in [2.45, 2.75) is 6.54 Å². The Morgan fingerprint density at radius 3 is 3.10 bits per heavy atom. The van der Waals surface area contributed by atoms with Crippen molar-refractivity contribution in [1.29, 1.82) is 0 Å². The molecule has 0 bridgehead atoms. The van der Waals surface area contributed by atoms with Gasteiger partial charge in [0.05, 0.1) is 11.7 Å². The molecule has 0 spiro atoms. The van der Waals surface area contributed by atoms with Crippen LogP contribution in [0.4, 0.5) is 0 Å². The summed E-state index contributed by atoms with van der Waals surface area (Å²) in [5.74, 6) is 1.20. The molecule has 4 rings (SSSR count). The predicted octanol–water partition coefficient (Wildman–Crippen LogP) is 3.20. The molecule has 3 heterocycles. The smallest absolute Gasteiger partial charge is 0.243 e. The number of hydrogen-bond donors (Lipinski definition) is 1. The van der Waals surface area contributed by atoms with Gasteiger partial charge in [0.2, 0.25) is 5.88 Å². The lowest BCUT2D eigenvalue weighted by Gasteiger charge is -2.05. The minimum Gasteiger partial charge on any atom is -0.436 e. The summed E-state index contributed by atoms with van der Waals surface area (Å²) in [6, 6.07) is 9.87. The third-order valence-electron chi connectivity index (χ3n) is 3.30. The highest BCUT2D eigenvalue weighted by Gasteiger charge is 2.14. The zero-order valence-electron chi connectivity index (χ0n) is 11.1. The van der Waals surface area contributed by atoms with Gasteiger partial charge in [-0.05, 0) is 12.1 Å². The van der Waals surface area contributed by atoms with Gasteiger partial charge >= 0.3 is 0 Å². The molecule has 4 aromatic rings. The Morgan fingerprint density at radius 2 is 2.19 bits per heavy atom. The first-order valence-corrected chi connectivity index (χ1v) is 7.40. The van der Waals surface area contributed by atoms with E-state index in [1.54, 1.807) is 17.5 Å². The minimum absolute atomic E-state index is 0.369. The first kappa shape index (κ1) is 12.3. The fourth-order valence-electron chi connectivity index (χ4n) is 2.30. The van der Waals surface area contributed by atoms with Crippen LogP contribution in [-0.2, 0) is 6.54 Å². The maximum Gasteiger partial charge on any atom is 0.243 e. The zero-order valence-corrected chi connectivity index (χ0v) is 11.9. The van der Waals surface area contributed by atoms with E-state index in [9.17, 15) is 0 Å². The van der Waals surface area contributed by atoms with Crippen LogP contribution in [0.5, 0.6) is 11.6 Å². The molecular formula is C15H12N4OS. The van der Waals surface area contributed by atoms with Crippen LogP contribution in [0.15, 0.2) is 48.1 Å². The van der Waals surface area contributed by atoms with Gasteiger partial charge in [-0.2, -0.15) is 4.98 Å². The van der Waals surface area contributed by atoms with Gasteiger partial charge in [-0.15, -0.1) is 11.3 Å². The number of pyridine rings is 1. The van der Waals surface area contributed by atoms with E-state index in [1.165, 1.54) is 0 Å². The van der Waals surface area contributed by atoms with E-state index in [4.69, 9.17) is 10.5 Å². The van der Waals surface area contributed by atoms with Crippen molar-refractivity contribution in [3.05, 3.63) is 53.8 Å². The summed E-state index contributed by atoms with van der Waals surface area (Å²) in [5.41, 5.74) is 7.61. The molecule has 0 atom stereocenters. The van der Waals surface area contributed by atoms with Gasteiger partial charge in [0, 0.05) is 23.5 Å². The molecule has 104 valence electrons. The second-order valence-electron chi connectivity index (χ2n) is 4.59. The summed E-state index contributed by atoms with van der Waals surface area (Å²) >= 11 is 1.55. The Kier molecular flexibility index (Phi) is 2.83. The Hall–Kier alpha value is -2.44. The van der Waals surface area contributed by atoms with Crippen LogP contribution >= 0.6 is 11.3 Å². The third kappa shape index (κ3) is 2.05. The molecule has 3 aromatic heterocycles. The molecule has 0 aliphatic carbocycles. The van der Waals surface area contributed by atoms with Crippen LogP contribution in [-0.4, -0.2) is 14.4 Å². The first-order valence-electron chi connectivity index (χ1n) is 6.52. The summed E-state index contributed by atoms with van der Waals surface area (Å²) in [7, 11) is 0. The molecular weight excluding hydrogens is 284 g/mol. The number of fused-ring (bicyclic) bond motifs is 2. The number of benzene rings is 1. The quantitative estimate of drug-likeness (QED) is 0.630. The Balaban J connectivity index is 1.76. The van der Waals surface area contributed by atoms with Crippen molar-refractivity contribution in [1.82, 2.24) is 14.4 Å². The summed E-state index contributed by atoms with van der Waals surface area (Å²) < 4.78 is 7.84. The van der Waals surface area contributed by atoms with Crippen molar-refractivity contribution in [2.24, 2.45) is 5.73 Å². The Labute approximate surface area is 124 Å². The summed E-state index contributed by atoms with van der Waals surface area (Å²) in [6.45, 7) is 0.369. The molecule has 0 radical (unpaired) electrons. The van der Waals surface area contributed by atoms with Crippen LogP contribution in [0.25, 0.3) is 15.9 Å². The summed E-state index contributed by atoms with van der Waals surface area (Å²) in [5, 5.41) is 3.01. The zero-order chi connectivity index (χ0) is 14.2. The van der Waals surface area contributed by atoms with E-state index >= 15 is 0 Å². The van der Waals surface area contributed by atoms with Gasteiger partial charge < -0.3 is 10.5 Å². The standard InChI is InChI=1S/C15H12N4OS/c16-8-13-14(18-15-19(13)5-6-21-15)20-11-7-10-3-1-2-4-12(10)17-9-11/h1-7,9H,8,16H2. The molecule has 0 saturated carbocycles. The van der Waals surface area contributed by atoms with Gasteiger partial charge in [0.1, 0.15) is 11.4 Å². The van der Waals surface area contributed by atoms with E-state index in [1.807, 2.05) is 46.3 Å². The van der Waals surface area contributed by atoms with Crippen molar-refractivity contribution in [3.63, 3.8) is 0 Å². The number of ether oxygens (including phenoxy) is 1. The van der Waals surface area contributed by atoms with Gasteiger partial charge in [-0.1, -0.05) is 18.2 Å². The second-order valence-corrected chi connectivity index (χ2v) is 5.46. The van der Waals surface area contributed by atoms with Crippen LogP contribution in [0.3, 0.4) is 0 Å². The Bertz CT molecular complexity index is 928. The molecule has 0 fully saturated rings. The number of thiazole rings is 1. The molecule has 0 saturated heterocycles. The van der Waals surface area contributed by atoms with Gasteiger partial charge in [-0.3, -0.25) is 9.38 Å². The maximum absolute atomic E-state index is 5.88. The SMILES string of the molecule is NCc1c(Oc2cnc3ccccc3c2)nc2sccn12.